The first-order valence-electron chi connectivity index (χ1n) is 7.74. The Hall–Kier alpha value is -3.10. The lowest BCUT2D eigenvalue weighted by molar-refractivity contribution is 0.0733. The van der Waals surface area contributed by atoms with E-state index in [1.165, 1.54) is 19.2 Å². The number of nitrogens with one attached hydrogen (secondary N) is 2. The zero-order valence-electron chi connectivity index (χ0n) is 14.3. The van der Waals surface area contributed by atoms with Crippen LogP contribution in [0, 0.1) is 0 Å². The van der Waals surface area contributed by atoms with E-state index in [9.17, 15) is 30.0 Å². The van der Waals surface area contributed by atoms with Gasteiger partial charge in [-0.2, -0.15) is 0 Å². The molecule has 0 aliphatic heterocycles. The number of hydrogen-bond donors (Lipinski definition) is 6. The van der Waals surface area contributed by atoms with Crippen molar-refractivity contribution in [1.82, 2.24) is 10.6 Å². The standard InChI is InChI=1S/C18H20N2O6/c1-19-9-18(20-2,16(25)10-3-5-12(21)14(23)7-10)17(26)11-4-6-13(22)15(24)8-11/h3-8,19-24H,9H2,1-2H3. The Labute approximate surface area is 149 Å². The minimum atomic E-state index is -1.73. The van der Waals surface area contributed by atoms with Gasteiger partial charge in [-0.3, -0.25) is 9.59 Å². The summed E-state index contributed by atoms with van der Waals surface area (Å²) in [6.45, 7) is -0.0789. The molecular weight excluding hydrogens is 340 g/mol. The number of carbonyl (C=O) groups is 2. The van der Waals surface area contributed by atoms with E-state index in [2.05, 4.69) is 10.6 Å². The molecule has 2 rings (SSSR count). The minimum absolute atomic E-state index is 0.0150. The van der Waals surface area contributed by atoms with Gasteiger partial charge < -0.3 is 31.1 Å². The van der Waals surface area contributed by atoms with Crippen LogP contribution in [0.1, 0.15) is 20.7 Å². The molecule has 0 unspecified atom stereocenters. The molecule has 2 aromatic carbocycles. The largest absolute Gasteiger partial charge is 0.504 e. The molecular formula is C18H20N2O6. The zero-order valence-corrected chi connectivity index (χ0v) is 14.3. The van der Waals surface area contributed by atoms with Crippen molar-refractivity contribution in [1.29, 1.82) is 0 Å². The van der Waals surface area contributed by atoms with Gasteiger partial charge in [0.05, 0.1) is 0 Å². The number of carbonyl (C=O) groups excluding carboxylic acids is 2. The highest BCUT2D eigenvalue weighted by Crippen LogP contribution is 2.30. The molecule has 0 bridgehead atoms. The lowest BCUT2D eigenvalue weighted by atomic mass is 9.82. The van der Waals surface area contributed by atoms with Crippen LogP contribution in [0.15, 0.2) is 36.4 Å². The van der Waals surface area contributed by atoms with Crippen molar-refractivity contribution in [3.8, 4) is 23.0 Å². The maximum absolute atomic E-state index is 13.1. The number of phenols is 4. The summed E-state index contributed by atoms with van der Waals surface area (Å²) in [5.41, 5.74) is -1.70. The highest BCUT2D eigenvalue weighted by atomic mass is 16.3. The number of rotatable bonds is 7. The van der Waals surface area contributed by atoms with Gasteiger partial charge in [-0.15, -0.1) is 0 Å². The first kappa shape index (κ1) is 19.2. The average Bonchev–Trinajstić information content (AvgIpc) is 2.63. The van der Waals surface area contributed by atoms with Crippen LogP contribution >= 0.6 is 0 Å². The van der Waals surface area contributed by atoms with Crippen molar-refractivity contribution in [2.24, 2.45) is 0 Å². The summed E-state index contributed by atoms with van der Waals surface area (Å²) in [4.78, 5) is 26.2. The molecule has 26 heavy (non-hydrogen) atoms. The number of hydrogen-bond acceptors (Lipinski definition) is 8. The van der Waals surface area contributed by atoms with E-state index in [0.29, 0.717) is 0 Å². The van der Waals surface area contributed by atoms with Gasteiger partial charge in [0, 0.05) is 17.7 Å². The fraction of sp³-hybridized carbons (Fsp3) is 0.222. The van der Waals surface area contributed by atoms with E-state index in [1.54, 1.807) is 7.05 Å². The smallest absolute Gasteiger partial charge is 0.192 e. The monoisotopic (exact) mass is 360 g/mol. The SMILES string of the molecule is CNCC(NC)(C(=O)c1ccc(O)c(O)c1)C(=O)c1ccc(O)c(O)c1. The van der Waals surface area contributed by atoms with Crippen LogP contribution in [-0.4, -0.2) is 58.2 Å². The van der Waals surface area contributed by atoms with Gasteiger partial charge in [-0.1, -0.05) is 0 Å². The van der Waals surface area contributed by atoms with Crippen LogP contribution in [0.4, 0.5) is 0 Å². The van der Waals surface area contributed by atoms with Crippen LogP contribution in [0.25, 0.3) is 0 Å². The number of aromatic hydroxyl groups is 4. The second-order valence-electron chi connectivity index (χ2n) is 5.75. The first-order valence-corrected chi connectivity index (χ1v) is 7.74. The van der Waals surface area contributed by atoms with Crippen LogP contribution in [-0.2, 0) is 0 Å². The Morgan fingerprint density at radius 3 is 1.54 bits per heavy atom. The van der Waals surface area contributed by atoms with Gasteiger partial charge in [-0.05, 0) is 50.5 Å². The van der Waals surface area contributed by atoms with E-state index >= 15 is 0 Å². The predicted octanol–water partition coefficient (Wildman–Crippen LogP) is 0.752. The zero-order chi connectivity index (χ0) is 19.5. The molecule has 0 atom stereocenters. The Kier molecular flexibility index (Phi) is 5.49. The minimum Gasteiger partial charge on any atom is -0.504 e. The topological polar surface area (TPSA) is 139 Å². The number of Topliss-reactive ketones (excluding diaryl/α,β-unsaturated/α-hetero) is 2. The normalized spacial score (nSPS) is 11.3. The van der Waals surface area contributed by atoms with Crippen molar-refractivity contribution in [3.05, 3.63) is 47.5 Å². The summed E-state index contributed by atoms with van der Waals surface area (Å²) in [5.74, 6) is -3.02. The van der Waals surface area contributed by atoms with E-state index in [4.69, 9.17) is 0 Å². The lowest BCUT2D eigenvalue weighted by Crippen LogP contribution is -2.62. The summed E-state index contributed by atoms with van der Waals surface area (Å²) in [6, 6.07) is 7.03. The Bertz CT molecular complexity index is 786. The predicted molar refractivity (Wildman–Crippen MR) is 93.9 cm³/mol. The number of benzene rings is 2. The first-order chi connectivity index (χ1) is 12.3. The van der Waals surface area contributed by atoms with Gasteiger partial charge in [0.1, 0.15) is 0 Å². The van der Waals surface area contributed by atoms with E-state index in [-0.39, 0.29) is 29.2 Å². The molecule has 0 saturated carbocycles. The third-order valence-corrected chi connectivity index (χ3v) is 4.12. The van der Waals surface area contributed by atoms with E-state index in [0.717, 1.165) is 24.3 Å². The van der Waals surface area contributed by atoms with Crippen LogP contribution in [0.3, 0.4) is 0 Å². The molecule has 6 N–H and O–H groups in total. The molecule has 0 aliphatic carbocycles. The number of phenolic OH excluding ortho intramolecular Hbond substituents is 4. The fourth-order valence-corrected chi connectivity index (χ4v) is 2.67. The van der Waals surface area contributed by atoms with Crippen LogP contribution < -0.4 is 10.6 Å². The van der Waals surface area contributed by atoms with Gasteiger partial charge in [0.15, 0.2) is 40.1 Å². The maximum Gasteiger partial charge on any atom is 0.192 e. The molecule has 8 heteroatoms. The van der Waals surface area contributed by atoms with Crippen molar-refractivity contribution in [2.45, 2.75) is 5.54 Å². The second-order valence-corrected chi connectivity index (χ2v) is 5.75. The Balaban J connectivity index is 2.55. The van der Waals surface area contributed by atoms with Crippen molar-refractivity contribution in [2.75, 3.05) is 20.6 Å². The summed E-state index contributed by atoms with van der Waals surface area (Å²) in [7, 11) is 3.00. The summed E-state index contributed by atoms with van der Waals surface area (Å²) >= 11 is 0. The van der Waals surface area contributed by atoms with Gasteiger partial charge in [-0.25, -0.2) is 0 Å². The van der Waals surface area contributed by atoms with Gasteiger partial charge in [0.2, 0.25) is 0 Å². The average molecular weight is 360 g/mol. The highest BCUT2D eigenvalue weighted by molar-refractivity contribution is 6.24. The quantitative estimate of drug-likeness (QED) is 0.242. The lowest BCUT2D eigenvalue weighted by Gasteiger charge is -2.30. The molecule has 0 spiro atoms. The number of likely N-dealkylation sites (N-methyl/N-ethyl adjacent to an activating group) is 2. The summed E-state index contributed by atoms with van der Waals surface area (Å²) < 4.78 is 0. The fourth-order valence-electron chi connectivity index (χ4n) is 2.67. The molecule has 2 aromatic rings. The summed E-state index contributed by atoms with van der Waals surface area (Å²) in [5, 5.41) is 43.7. The Morgan fingerprint density at radius 2 is 1.23 bits per heavy atom. The van der Waals surface area contributed by atoms with Crippen molar-refractivity contribution >= 4 is 11.6 Å². The van der Waals surface area contributed by atoms with E-state index in [1.807, 2.05) is 0 Å². The maximum atomic E-state index is 13.1. The summed E-state index contributed by atoms with van der Waals surface area (Å²) in [6.07, 6.45) is 0. The van der Waals surface area contributed by atoms with Crippen molar-refractivity contribution < 1.29 is 30.0 Å². The molecule has 0 radical (unpaired) electrons. The third kappa shape index (κ3) is 3.32. The van der Waals surface area contributed by atoms with Gasteiger partial charge in [0.25, 0.3) is 0 Å². The molecule has 0 aromatic heterocycles. The van der Waals surface area contributed by atoms with Crippen LogP contribution in [0.5, 0.6) is 23.0 Å². The van der Waals surface area contributed by atoms with E-state index < -0.39 is 28.6 Å². The van der Waals surface area contributed by atoms with Crippen molar-refractivity contribution in [3.63, 3.8) is 0 Å². The molecule has 0 fully saturated rings. The van der Waals surface area contributed by atoms with Gasteiger partial charge >= 0.3 is 0 Å². The molecule has 8 nitrogen and oxygen atoms in total. The Morgan fingerprint density at radius 1 is 0.808 bits per heavy atom. The molecule has 0 aliphatic rings. The number of ketones is 2. The van der Waals surface area contributed by atoms with Crippen LogP contribution in [0.2, 0.25) is 0 Å². The third-order valence-electron chi connectivity index (χ3n) is 4.12. The molecule has 138 valence electrons. The highest BCUT2D eigenvalue weighted by Gasteiger charge is 2.45. The molecule has 0 saturated heterocycles. The molecule has 0 amide bonds. The molecule has 0 heterocycles. The second kappa shape index (κ2) is 7.42.